The highest BCUT2D eigenvalue weighted by Gasteiger charge is 2.58. The molecule has 1 saturated carbocycles. The van der Waals surface area contributed by atoms with Gasteiger partial charge in [-0.2, -0.15) is 13.2 Å². The van der Waals surface area contributed by atoms with Crippen LogP contribution in [0.2, 0.25) is 0 Å². The molecule has 39 heavy (non-hydrogen) atoms. The summed E-state index contributed by atoms with van der Waals surface area (Å²) in [6.07, 6.45) is -1.50. The summed E-state index contributed by atoms with van der Waals surface area (Å²) in [4.78, 5) is 20.8. The molecular formula is C27H25F6N3O3. The van der Waals surface area contributed by atoms with Crippen molar-refractivity contribution in [2.45, 2.75) is 44.5 Å². The summed E-state index contributed by atoms with van der Waals surface area (Å²) in [5.41, 5.74) is -7.83. The van der Waals surface area contributed by atoms with E-state index in [1.165, 1.54) is 12.3 Å². The third-order valence-corrected chi connectivity index (χ3v) is 7.66. The molecule has 2 aromatic carbocycles. The molecule has 0 spiro atoms. The Morgan fingerprint density at radius 1 is 1.08 bits per heavy atom. The van der Waals surface area contributed by atoms with E-state index in [2.05, 4.69) is 9.88 Å². The van der Waals surface area contributed by atoms with Crippen molar-refractivity contribution in [2.24, 2.45) is 5.92 Å². The molecule has 1 fully saturated rings. The fourth-order valence-electron chi connectivity index (χ4n) is 5.79. The number of alkyl halides is 3. The van der Waals surface area contributed by atoms with Gasteiger partial charge in [-0.1, -0.05) is 13.8 Å². The van der Waals surface area contributed by atoms with E-state index in [1.807, 2.05) is 13.8 Å². The summed E-state index contributed by atoms with van der Waals surface area (Å²) < 4.78 is 92.2. The van der Waals surface area contributed by atoms with Crippen molar-refractivity contribution in [1.82, 2.24) is 9.88 Å². The lowest BCUT2D eigenvalue weighted by atomic mass is 9.78. The maximum absolute atomic E-state index is 15.0. The van der Waals surface area contributed by atoms with Gasteiger partial charge in [-0.05, 0) is 44.0 Å². The van der Waals surface area contributed by atoms with Crippen LogP contribution >= 0.6 is 0 Å². The van der Waals surface area contributed by atoms with Crippen molar-refractivity contribution in [2.75, 3.05) is 24.5 Å². The molecule has 2 heterocycles. The summed E-state index contributed by atoms with van der Waals surface area (Å²) in [5, 5.41) is 11.7. The van der Waals surface area contributed by atoms with E-state index in [-0.39, 0.29) is 47.8 Å². The van der Waals surface area contributed by atoms with Gasteiger partial charge in [0, 0.05) is 35.8 Å². The van der Waals surface area contributed by atoms with Gasteiger partial charge in [0.05, 0.1) is 23.0 Å². The van der Waals surface area contributed by atoms with Crippen LogP contribution < -0.4 is 4.90 Å². The Morgan fingerprint density at radius 3 is 2.26 bits per heavy atom. The van der Waals surface area contributed by atoms with Gasteiger partial charge in [0.25, 0.3) is 5.91 Å². The molecule has 0 bridgehead atoms. The average Bonchev–Trinajstić information content (AvgIpc) is 3.44. The van der Waals surface area contributed by atoms with Gasteiger partial charge in [0.15, 0.2) is 0 Å². The molecule has 1 aliphatic carbocycles. The fourth-order valence-corrected chi connectivity index (χ4v) is 5.79. The first-order valence-electron chi connectivity index (χ1n) is 12.5. The lowest BCUT2D eigenvalue weighted by molar-refractivity contribution is -0.142. The predicted octanol–water partition coefficient (Wildman–Crippen LogP) is 5.48. The van der Waals surface area contributed by atoms with Crippen LogP contribution in [0.1, 0.15) is 43.4 Å². The van der Waals surface area contributed by atoms with Gasteiger partial charge >= 0.3 is 6.18 Å². The molecule has 1 amide bonds. The second-order valence-corrected chi connectivity index (χ2v) is 9.84. The summed E-state index contributed by atoms with van der Waals surface area (Å²) in [5.74, 6) is -6.42. The number of carbonyl (C=O) groups is 1. The molecule has 6 nitrogen and oxygen atoms in total. The van der Waals surface area contributed by atoms with Crippen molar-refractivity contribution in [3.8, 4) is 11.5 Å². The third-order valence-electron chi connectivity index (χ3n) is 7.66. The van der Waals surface area contributed by atoms with Crippen LogP contribution in [0.25, 0.3) is 11.5 Å². The minimum Gasteiger partial charge on any atom is -0.445 e. The van der Waals surface area contributed by atoms with Gasteiger partial charge < -0.3 is 19.3 Å². The molecule has 3 aromatic rings. The summed E-state index contributed by atoms with van der Waals surface area (Å²) in [6, 6.07) is 2.41. The molecule has 208 valence electrons. The number of anilines is 1. The van der Waals surface area contributed by atoms with Crippen molar-refractivity contribution in [3.05, 3.63) is 70.9 Å². The van der Waals surface area contributed by atoms with E-state index in [1.54, 1.807) is 0 Å². The lowest BCUT2D eigenvalue weighted by Gasteiger charge is -2.43. The zero-order valence-electron chi connectivity index (χ0n) is 21.0. The number of carbonyl (C=O) groups excluding carboxylic acids is 1. The number of aliphatic hydroxyl groups is 1. The van der Waals surface area contributed by atoms with Crippen LogP contribution in [0, 0.1) is 23.4 Å². The number of amides is 1. The van der Waals surface area contributed by atoms with Crippen molar-refractivity contribution >= 4 is 11.6 Å². The Morgan fingerprint density at radius 2 is 1.72 bits per heavy atom. The van der Waals surface area contributed by atoms with Crippen LogP contribution in [-0.4, -0.2) is 46.6 Å². The molecule has 1 aromatic heterocycles. The summed E-state index contributed by atoms with van der Waals surface area (Å²) >= 11 is 0. The fraction of sp³-hybridized carbons (Fsp3) is 0.407. The standard InChI is InChI=1S/C27H25F6N3O3/c1-3-35(4-2)17-7-14(8-17)13-36-21-10-15(24-34-5-6-39-24)9-18(27(31,32)33)22(21)26(38,25(36)37)23-19(29)11-16(28)12-20(23)30/h5-6,9-12,14,17,38H,3-4,7-8,13H2,1-2H3/t14?,17?,26-/m1/s1. The topological polar surface area (TPSA) is 69.8 Å². The second-order valence-electron chi connectivity index (χ2n) is 9.84. The van der Waals surface area contributed by atoms with E-state index in [0.717, 1.165) is 24.3 Å². The molecule has 2 aliphatic rings. The van der Waals surface area contributed by atoms with E-state index in [4.69, 9.17) is 4.42 Å². The Bertz CT molecular complexity index is 1380. The maximum Gasteiger partial charge on any atom is 0.416 e. The largest absolute Gasteiger partial charge is 0.445 e. The minimum absolute atomic E-state index is 0.0946. The number of rotatable bonds is 7. The molecule has 1 atom stereocenters. The van der Waals surface area contributed by atoms with Crippen LogP contribution in [0.15, 0.2) is 41.1 Å². The molecule has 0 radical (unpaired) electrons. The third kappa shape index (κ3) is 4.39. The SMILES string of the molecule is CCN(CC)C1CC(CN2C(=O)[C@](O)(c3c(F)cc(F)cc3F)c3c2cc(-c2ncco2)cc3C(F)(F)F)C1. The zero-order valence-corrected chi connectivity index (χ0v) is 21.0. The highest BCUT2D eigenvalue weighted by atomic mass is 19.4. The molecular weight excluding hydrogens is 528 g/mol. The van der Waals surface area contributed by atoms with Crippen LogP contribution in [0.5, 0.6) is 0 Å². The smallest absolute Gasteiger partial charge is 0.416 e. The van der Waals surface area contributed by atoms with Gasteiger partial charge in [0.2, 0.25) is 11.5 Å². The molecule has 1 N–H and O–H groups in total. The predicted molar refractivity (Wildman–Crippen MR) is 128 cm³/mol. The first kappa shape index (κ1) is 27.2. The van der Waals surface area contributed by atoms with E-state index >= 15 is 0 Å². The Hall–Kier alpha value is -3.38. The Balaban J connectivity index is 1.69. The highest BCUT2D eigenvalue weighted by molar-refractivity contribution is 6.10. The van der Waals surface area contributed by atoms with E-state index in [9.17, 15) is 36.2 Å². The second kappa shape index (κ2) is 9.67. The number of fused-ring (bicyclic) bond motifs is 1. The van der Waals surface area contributed by atoms with Crippen molar-refractivity contribution in [3.63, 3.8) is 0 Å². The van der Waals surface area contributed by atoms with Crippen LogP contribution in [-0.2, 0) is 16.6 Å². The number of benzene rings is 2. The van der Waals surface area contributed by atoms with Crippen molar-refractivity contribution in [1.29, 1.82) is 0 Å². The molecule has 0 saturated heterocycles. The lowest BCUT2D eigenvalue weighted by Crippen LogP contribution is -2.50. The first-order valence-corrected chi connectivity index (χ1v) is 12.5. The number of halogens is 6. The number of nitrogens with zero attached hydrogens (tertiary/aromatic N) is 3. The molecule has 1 aliphatic heterocycles. The van der Waals surface area contributed by atoms with Gasteiger partial charge in [0.1, 0.15) is 23.7 Å². The summed E-state index contributed by atoms with van der Waals surface area (Å²) in [7, 11) is 0. The molecule has 5 rings (SSSR count). The highest BCUT2D eigenvalue weighted by Crippen LogP contribution is 2.53. The monoisotopic (exact) mass is 553 g/mol. The Kier molecular flexibility index (Phi) is 6.74. The number of hydrogen-bond donors (Lipinski definition) is 1. The minimum atomic E-state index is -5.16. The Labute approximate surface area is 219 Å². The van der Waals surface area contributed by atoms with Gasteiger partial charge in [-0.15, -0.1) is 0 Å². The van der Waals surface area contributed by atoms with Crippen LogP contribution in [0.3, 0.4) is 0 Å². The van der Waals surface area contributed by atoms with Gasteiger partial charge in [-0.25, -0.2) is 18.2 Å². The number of hydrogen-bond acceptors (Lipinski definition) is 5. The summed E-state index contributed by atoms with van der Waals surface area (Å²) in [6.45, 7) is 5.52. The zero-order chi connectivity index (χ0) is 28.3. The number of aromatic nitrogens is 1. The van der Waals surface area contributed by atoms with Crippen molar-refractivity contribution < 1.29 is 40.7 Å². The quantitative estimate of drug-likeness (QED) is 0.393. The molecule has 0 unspecified atom stereocenters. The average molecular weight is 554 g/mol. The van der Waals surface area contributed by atoms with E-state index < -0.39 is 51.8 Å². The normalized spacial score (nSPS) is 22.9. The molecule has 12 heteroatoms. The van der Waals surface area contributed by atoms with Gasteiger partial charge in [-0.3, -0.25) is 4.79 Å². The van der Waals surface area contributed by atoms with Crippen LogP contribution in [0.4, 0.5) is 32.0 Å². The van der Waals surface area contributed by atoms with E-state index in [0.29, 0.717) is 18.9 Å². The maximum atomic E-state index is 15.0. The number of oxazole rings is 1. The first-order chi connectivity index (χ1) is 18.4.